The molecule has 0 amide bonds. The second-order valence-corrected chi connectivity index (χ2v) is 8.10. The molecule has 0 spiro atoms. The predicted molar refractivity (Wildman–Crippen MR) is 86.6 cm³/mol. The largest absolute Gasteiger partial charge is 0.452 e. The van der Waals surface area contributed by atoms with Gasteiger partial charge in [-0.05, 0) is 35.2 Å². The van der Waals surface area contributed by atoms with Crippen LogP contribution in [0.15, 0.2) is 20.0 Å². The molecule has 2 N–H and O–H groups in total. The lowest BCUT2D eigenvalue weighted by atomic mass is 10.3. The predicted octanol–water partition coefficient (Wildman–Crippen LogP) is 2.57. The van der Waals surface area contributed by atoms with Crippen molar-refractivity contribution in [2.45, 2.75) is 37.0 Å². The van der Waals surface area contributed by atoms with Gasteiger partial charge in [-0.1, -0.05) is 13.8 Å². The Hall–Kier alpha value is -0.0200. The number of thioether (sulfide) groups is 1. The smallest absolute Gasteiger partial charge is 0.244 e. The summed E-state index contributed by atoms with van der Waals surface area (Å²) in [5.41, 5.74) is 0. The summed E-state index contributed by atoms with van der Waals surface area (Å²) >= 11 is 4.88. The number of hydrogen-bond donors (Lipinski definition) is 2. The Balaban J connectivity index is 2.69. The fourth-order valence-electron chi connectivity index (χ4n) is 1.51. The maximum Gasteiger partial charge on any atom is 0.244 e. The zero-order valence-electron chi connectivity index (χ0n) is 11.9. The first kappa shape index (κ1) is 18.0. The van der Waals surface area contributed by atoms with Crippen LogP contribution in [0.25, 0.3) is 0 Å². The van der Waals surface area contributed by atoms with E-state index in [2.05, 4.69) is 32.9 Å². The monoisotopic (exact) mass is 384 g/mol. The third-order valence-electron chi connectivity index (χ3n) is 2.79. The normalized spacial score (nSPS) is 13.6. The van der Waals surface area contributed by atoms with Crippen LogP contribution in [0, 0.1) is 0 Å². The van der Waals surface area contributed by atoms with Gasteiger partial charge in [0, 0.05) is 17.9 Å². The van der Waals surface area contributed by atoms with Gasteiger partial charge >= 0.3 is 0 Å². The number of hydrogen-bond acceptors (Lipinski definition) is 5. The number of sulfonamides is 1. The second kappa shape index (κ2) is 8.43. The van der Waals surface area contributed by atoms with Crippen molar-refractivity contribution < 1.29 is 12.8 Å². The first-order valence-corrected chi connectivity index (χ1v) is 9.98. The van der Waals surface area contributed by atoms with Crippen LogP contribution in [-0.2, 0) is 16.6 Å². The quantitative estimate of drug-likeness (QED) is 0.684. The van der Waals surface area contributed by atoms with E-state index in [1.807, 2.05) is 13.2 Å². The van der Waals surface area contributed by atoms with Gasteiger partial charge in [0.15, 0.2) is 4.67 Å². The molecule has 1 aromatic rings. The van der Waals surface area contributed by atoms with E-state index < -0.39 is 10.0 Å². The topological polar surface area (TPSA) is 71.3 Å². The molecule has 0 aromatic carbocycles. The van der Waals surface area contributed by atoms with Gasteiger partial charge in [0.2, 0.25) is 10.0 Å². The van der Waals surface area contributed by atoms with Crippen LogP contribution in [0.2, 0.25) is 0 Å². The van der Waals surface area contributed by atoms with Crippen LogP contribution in [0.1, 0.15) is 26.0 Å². The van der Waals surface area contributed by atoms with Crippen molar-refractivity contribution >= 4 is 37.7 Å². The molecule has 0 bridgehead atoms. The van der Waals surface area contributed by atoms with Gasteiger partial charge in [-0.15, -0.1) is 0 Å². The minimum atomic E-state index is -3.53. The van der Waals surface area contributed by atoms with Gasteiger partial charge in [-0.2, -0.15) is 11.8 Å². The Bertz CT molecular complexity index is 517. The van der Waals surface area contributed by atoms with Gasteiger partial charge in [0.25, 0.3) is 0 Å². The molecule has 0 saturated heterocycles. The van der Waals surface area contributed by atoms with Gasteiger partial charge in [-0.25, -0.2) is 13.1 Å². The number of nitrogens with one attached hydrogen (secondary N) is 2. The lowest BCUT2D eigenvalue weighted by molar-refractivity contribution is 0.464. The van der Waals surface area contributed by atoms with E-state index in [-0.39, 0.29) is 9.56 Å². The van der Waals surface area contributed by atoms with Crippen LogP contribution >= 0.6 is 27.7 Å². The fraction of sp³-hybridized carbons (Fsp3) is 0.667. The summed E-state index contributed by atoms with van der Waals surface area (Å²) in [5.74, 6) is 0.594. The van der Waals surface area contributed by atoms with Gasteiger partial charge in [0.05, 0.1) is 6.54 Å². The highest BCUT2D eigenvalue weighted by atomic mass is 79.9. The Kier molecular flexibility index (Phi) is 7.60. The SMILES string of the molecule is CCNCc1cc(S(=O)(=O)NCCC(C)SC)c(Br)o1. The lowest BCUT2D eigenvalue weighted by Crippen LogP contribution is -2.26. The summed E-state index contributed by atoms with van der Waals surface area (Å²) < 4.78 is 32.6. The van der Waals surface area contributed by atoms with Crippen molar-refractivity contribution in [3.63, 3.8) is 0 Å². The third kappa shape index (κ3) is 5.40. The van der Waals surface area contributed by atoms with Crippen LogP contribution in [0.5, 0.6) is 0 Å². The Morgan fingerprint density at radius 3 is 2.80 bits per heavy atom. The van der Waals surface area contributed by atoms with Crippen molar-refractivity contribution in [1.29, 1.82) is 0 Å². The highest BCUT2D eigenvalue weighted by molar-refractivity contribution is 9.10. The van der Waals surface area contributed by atoms with Crippen LogP contribution in [0.4, 0.5) is 0 Å². The van der Waals surface area contributed by atoms with Crippen molar-refractivity contribution in [1.82, 2.24) is 10.0 Å². The number of rotatable bonds is 9. The molecule has 1 unspecified atom stereocenters. The third-order valence-corrected chi connectivity index (χ3v) is 6.15. The maximum absolute atomic E-state index is 12.2. The molecule has 1 rings (SSSR count). The van der Waals surface area contributed by atoms with E-state index in [0.29, 0.717) is 24.1 Å². The standard InChI is InChI=1S/C12H21BrN2O3S2/c1-4-14-8-10-7-11(12(13)18-10)20(16,17)15-6-5-9(2)19-3/h7,9,14-15H,4-6,8H2,1-3H3. The van der Waals surface area contributed by atoms with Crippen LogP contribution in [0.3, 0.4) is 0 Å². The highest BCUT2D eigenvalue weighted by Gasteiger charge is 2.22. The molecule has 5 nitrogen and oxygen atoms in total. The molecular formula is C12H21BrN2O3S2. The molecule has 1 aromatic heterocycles. The average Bonchev–Trinajstić information content (AvgIpc) is 2.78. The molecule has 8 heteroatoms. The van der Waals surface area contributed by atoms with Gasteiger partial charge in [0.1, 0.15) is 10.7 Å². The maximum atomic E-state index is 12.2. The molecule has 0 fully saturated rings. The summed E-state index contributed by atoms with van der Waals surface area (Å²) in [7, 11) is -3.53. The molecule has 0 aliphatic carbocycles. The summed E-state index contributed by atoms with van der Waals surface area (Å²) in [4.78, 5) is 0.155. The second-order valence-electron chi connectivity index (χ2n) is 4.36. The van der Waals surface area contributed by atoms with E-state index in [1.165, 1.54) is 0 Å². The molecular weight excluding hydrogens is 364 g/mol. The Labute approximate surface area is 133 Å². The molecule has 0 saturated carbocycles. The van der Waals surface area contributed by atoms with E-state index >= 15 is 0 Å². The Morgan fingerprint density at radius 2 is 2.20 bits per heavy atom. The van der Waals surface area contributed by atoms with E-state index in [4.69, 9.17) is 4.42 Å². The molecule has 1 heterocycles. The molecule has 0 radical (unpaired) electrons. The van der Waals surface area contributed by atoms with Crippen molar-refractivity contribution in [3.8, 4) is 0 Å². The molecule has 20 heavy (non-hydrogen) atoms. The van der Waals surface area contributed by atoms with Crippen LogP contribution in [-0.4, -0.2) is 33.0 Å². The molecule has 0 aliphatic heterocycles. The summed E-state index contributed by atoms with van der Waals surface area (Å²) in [6.07, 6.45) is 2.80. The molecule has 1 atom stereocenters. The number of halogens is 1. The van der Waals surface area contributed by atoms with Crippen molar-refractivity contribution in [2.24, 2.45) is 0 Å². The van der Waals surface area contributed by atoms with E-state index in [9.17, 15) is 8.42 Å². The first-order valence-electron chi connectivity index (χ1n) is 6.42. The summed E-state index contributed by atoms with van der Waals surface area (Å²) in [5, 5.41) is 3.52. The molecule has 116 valence electrons. The lowest BCUT2D eigenvalue weighted by Gasteiger charge is -2.08. The van der Waals surface area contributed by atoms with E-state index in [1.54, 1.807) is 17.8 Å². The van der Waals surface area contributed by atoms with Crippen LogP contribution < -0.4 is 10.0 Å². The first-order chi connectivity index (χ1) is 9.40. The van der Waals surface area contributed by atoms with E-state index in [0.717, 1.165) is 13.0 Å². The van der Waals surface area contributed by atoms with Crippen molar-refractivity contribution in [2.75, 3.05) is 19.3 Å². The Morgan fingerprint density at radius 1 is 1.50 bits per heavy atom. The fourth-order valence-corrected chi connectivity index (χ4v) is 3.91. The van der Waals surface area contributed by atoms with Gasteiger partial charge < -0.3 is 9.73 Å². The minimum absolute atomic E-state index is 0.155. The number of furan rings is 1. The highest BCUT2D eigenvalue weighted by Crippen LogP contribution is 2.26. The van der Waals surface area contributed by atoms with Crippen molar-refractivity contribution in [3.05, 3.63) is 16.5 Å². The zero-order chi connectivity index (χ0) is 15.2. The summed E-state index contributed by atoms with van der Waals surface area (Å²) in [6.45, 7) is 5.77. The van der Waals surface area contributed by atoms with Gasteiger partial charge in [-0.3, -0.25) is 0 Å². The summed E-state index contributed by atoms with van der Waals surface area (Å²) in [6, 6.07) is 1.55. The molecule has 0 aliphatic rings. The minimum Gasteiger partial charge on any atom is -0.452 e. The average molecular weight is 385 g/mol. The zero-order valence-corrected chi connectivity index (χ0v) is 15.1.